The smallest absolute Gasteiger partial charge is 0.307 e. The summed E-state index contributed by atoms with van der Waals surface area (Å²) in [6, 6.07) is 5.01. The minimum atomic E-state index is -3.61. The van der Waals surface area contributed by atoms with Crippen LogP contribution in [0.3, 0.4) is 0 Å². The molecule has 0 radical (unpaired) electrons. The second-order valence-electron chi connectivity index (χ2n) is 4.06. The molecule has 1 aromatic rings. The lowest BCUT2D eigenvalue weighted by atomic mass is 10.2. The van der Waals surface area contributed by atoms with Gasteiger partial charge in [0.1, 0.15) is 0 Å². The van der Waals surface area contributed by atoms with Crippen LogP contribution in [0.2, 0.25) is 0 Å². The van der Waals surface area contributed by atoms with Gasteiger partial charge in [0.05, 0.1) is 17.9 Å². The van der Waals surface area contributed by atoms with Gasteiger partial charge >= 0.3 is 5.97 Å². The van der Waals surface area contributed by atoms with Crippen LogP contribution in [-0.4, -0.2) is 27.5 Å². The summed E-state index contributed by atoms with van der Waals surface area (Å²) in [5.41, 5.74) is 0.725. The van der Waals surface area contributed by atoms with Gasteiger partial charge in [-0.2, -0.15) is 0 Å². The molecule has 112 valence electrons. The maximum atomic E-state index is 12.2. The van der Waals surface area contributed by atoms with Crippen molar-refractivity contribution in [3.8, 4) is 0 Å². The van der Waals surface area contributed by atoms with E-state index in [0.717, 1.165) is 10.0 Å². The van der Waals surface area contributed by atoms with Crippen LogP contribution >= 0.6 is 15.9 Å². The van der Waals surface area contributed by atoms with Gasteiger partial charge < -0.3 is 4.74 Å². The zero-order valence-electron chi connectivity index (χ0n) is 11.5. The maximum Gasteiger partial charge on any atom is 0.307 e. The molecule has 0 fully saturated rings. The number of ether oxygens (including phenoxy) is 1. The molecule has 0 aromatic heterocycles. The average Bonchev–Trinajstić information content (AvgIpc) is 2.38. The van der Waals surface area contributed by atoms with Gasteiger partial charge in [-0.3, -0.25) is 4.79 Å². The van der Waals surface area contributed by atoms with E-state index >= 15 is 0 Å². The standard InChI is InChI=1S/C13H18BrNO4S/c1-3-10-9-11(14)5-6-12(10)20(17,18)15-8-7-13(16)19-4-2/h5-6,9,15H,3-4,7-8H2,1-2H3. The molecule has 7 heteroatoms. The Hall–Kier alpha value is -0.920. The Bertz CT molecular complexity index is 572. The number of sulfonamides is 1. The van der Waals surface area contributed by atoms with Crippen LogP contribution in [-0.2, 0) is 26.0 Å². The highest BCUT2D eigenvalue weighted by atomic mass is 79.9. The summed E-state index contributed by atoms with van der Waals surface area (Å²) in [4.78, 5) is 11.4. The molecule has 1 aromatic carbocycles. The molecule has 0 unspecified atom stereocenters. The zero-order chi connectivity index (χ0) is 15.2. The molecule has 0 amide bonds. The lowest BCUT2D eigenvalue weighted by molar-refractivity contribution is -0.142. The highest BCUT2D eigenvalue weighted by Crippen LogP contribution is 2.21. The van der Waals surface area contributed by atoms with Crippen molar-refractivity contribution in [2.24, 2.45) is 0 Å². The van der Waals surface area contributed by atoms with Gasteiger partial charge in [0.2, 0.25) is 10.0 Å². The van der Waals surface area contributed by atoms with E-state index in [0.29, 0.717) is 6.42 Å². The Morgan fingerprint density at radius 3 is 2.65 bits per heavy atom. The van der Waals surface area contributed by atoms with Crippen LogP contribution in [0.15, 0.2) is 27.6 Å². The number of hydrogen-bond donors (Lipinski definition) is 1. The van der Waals surface area contributed by atoms with E-state index in [9.17, 15) is 13.2 Å². The SMILES string of the molecule is CCOC(=O)CCNS(=O)(=O)c1ccc(Br)cc1CC. The Kier molecular flexibility index (Phi) is 6.64. The number of carbonyl (C=O) groups is 1. The highest BCUT2D eigenvalue weighted by molar-refractivity contribution is 9.10. The van der Waals surface area contributed by atoms with Crippen LogP contribution in [0.1, 0.15) is 25.8 Å². The number of aryl methyl sites for hydroxylation is 1. The summed E-state index contributed by atoms with van der Waals surface area (Å²) >= 11 is 3.32. The number of hydrogen-bond acceptors (Lipinski definition) is 4. The van der Waals surface area contributed by atoms with Crippen molar-refractivity contribution < 1.29 is 17.9 Å². The van der Waals surface area contributed by atoms with Gasteiger partial charge in [0, 0.05) is 11.0 Å². The molecule has 5 nitrogen and oxygen atoms in total. The second-order valence-corrected chi connectivity index (χ2v) is 6.71. The molecule has 1 rings (SSSR count). The second kappa shape index (κ2) is 7.75. The topological polar surface area (TPSA) is 72.5 Å². The first-order chi connectivity index (χ1) is 9.40. The predicted molar refractivity (Wildman–Crippen MR) is 80.0 cm³/mol. The summed E-state index contributed by atoms with van der Waals surface area (Å²) in [5, 5.41) is 0. The van der Waals surface area contributed by atoms with Crippen molar-refractivity contribution in [3.05, 3.63) is 28.2 Å². The molecule has 0 heterocycles. The van der Waals surface area contributed by atoms with Crippen LogP contribution in [0.5, 0.6) is 0 Å². The lowest BCUT2D eigenvalue weighted by Crippen LogP contribution is -2.27. The van der Waals surface area contributed by atoms with Crippen molar-refractivity contribution in [1.82, 2.24) is 4.72 Å². The number of halogens is 1. The lowest BCUT2D eigenvalue weighted by Gasteiger charge is -2.10. The minimum absolute atomic E-state index is 0.0189. The first-order valence-corrected chi connectivity index (χ1v) is 8.62. The van der Waals surface area contributed by atoms with Gasteiger partial charge in [-0.1, -0.05) is 22.9 Å². The highest BCUT2D eigenvalue weighted by Gasteiger charge is 2.18. The summed E-state index contributed by atoms with van der Waals surface area (Å²) in [7, 11) is -3.61. The fourth-order valence-corrected chi connectivity index (χ4v) is 3.42. The van der Waals surface area contributed by atoms with E-state index in [2.05, 4.69) is 20.7 Å². The number of carbonyl (C=O) groups excluding carboxylic acids is 1. The summed E-state index contributed by atoms with van der Waals surface area (Å²) in [5.74, 6) is -0.415. The van der Waals surface area contributed by atoms with E-state index < -0.39 is 16.0 Å². The Balaban J connectivity index is 2.77. The fraction of sp³-hybridized carbons (Fsp3) is 0.462. The fourth-order valence-electron chi connectivity index (χ4n) is 1.68. The third-order valence-corrected chi connectivity index (χ3v) is 4.67. The van der Waals surface area contributed by atoms with Gasteiger partial charge in [0.15, 0.2) is 0 Å². The van der Waals surface area contributed by atoms with Crippen molar-refractivity contribution in [1.29, 1.82) is 0 Å². The maximum absolute atomic E-state index is 12.2. The average molecular weight is 364 g/mol. The Labute approximate surface area is 127 Å². The molecule has 0 aliphatic carbocycles. The molecular weight excluding hydrogens is 346 g/mol. The molecule has 0 atom stereocenters. The van der Waals surface area contributed by atoms with Crippen molar-refractivity contribution in [2.45, 2.75) is 31.6 Å². The summed E-state index contributed by atoms with van der Waals surface area (Å²) in [6.07, 6.45) is 0.624. The third-order valence-electron chi connectivity index (χ3n) is 2.62. The van der Waals surface area contributed by atoms with E-state index in [4.69, 9.17) is 4.74 Å². The number of nitrogens with one attached hydrogen (secondary N) is 1. The van der Waals surface area contributed by atoms with Gasteiger partial charge in [0.25, 0.3) is 0 Å². The predicted octanol–water partition coefficient (Wildman–Crippen LogP) is 2.24. The number of esters is 1. The van der Waals surface area contributed by atoms with Crippen LogP contribution in [0.25, 0.3) is 0 Å². The van der Waals surface area contributed by atoms with E-state index in [-0.39, 0.29) is 24.5 Å². The molecule has 0 bridgehead atoms. The van der Waals surface area contributed by atoms with Gasteiger partial charge in [-0.05, 0) is 37.1 Å². The van der Waals surface area contributed by atoms with Crippen molar-refractivity contribution in [2.75, 3.05) is 13.2 Å². The molecule has 0 aliphatic heterocycles. The van der Waals surface area contributed by atoms with Crippen LogP contribution < -0.4 is 4.72 Å². The first kappa shape index (κ1) is 17.1. The Morgan fingerprint density at radius 2 is 2.05 bits per heavy atom. The molecule has 0 aliphatic rings. The van der Waals surface area contributed by atoms with E-state index in [1.54, 1.807) is 25.1 Å². The van der Waals surface area contributed by atoms with E-state index in [1.165, 1.54) is 0 Å². The Morgan fingerprint density at radius 1 is 1.35 bits per heavy atom. The molecule has 20 heavy (non-hydrogen) atoms. The monoisotopic (exact) mass is 363 g/mol. The molecule has 0 saturated carbocycles. The normalized spacial score (nSPS) is 11.3. The van der Waals surface area contributed by atoms with Crippen LogP contribution in [0.4, 0.5) is 0 Å². The summed E-state index contributed by atoms with van der Waals surface area (Å²) in [6.45, 7) is 3.91. The zero-order valence-corrected chi connectivity index (χ0v) is 13.9. The van der Waals surface area contributed by atoms with Gasteiger partial charge in [-0.25, -0.2) is 13.1 Å². The molecular formula is C13H18BrNO4S. The molecule has 0 saturated heterocycles. The molecule has 0 spiro atoms. The quantitative estimate of drug-likeness (QED) is 0.754. The van der Waals surface area contributed by atoms with E-state index in [1.807, 2.05) is 6.92 Å². The van der Waals surface area contributed by atoms with Crippen molar-refractivity contribution in [3.63, 3.8) is 0 Å². The minimum Gasteiger partial charge on any atom is -0.466 e. The largest absolute Gasteiger partial charge is 0.466 e. The number of rotatable bonds is 7. The molecule has 1 N–H and O–H groups in total. The van der Waals surface area contributed by atoms with Crippen LogP contribution in [0, 0.1) is 0 Å². The first-order valence-electron chi connectivity index (χ1n) is 6.34. The van der Waals surface area contributed by atoms with Crippen molar-refractivity contribution >= 4 is 31.9 Å². The van der Waals surface area contributed by atoms with Gasteiger partial charge in [-0.15, -0.1) is 0 Å². The summed E-state index contributed by atoms with van der Waals surface area (Å²) < 4.78 is 32.4. The third kappa shape index (κ3) is 4.88. The number of benzene rings is 1.